The zero-order valence-electron chi connectivity index (χ0n) is 12.4. The molecule has 0 aromatic heterocycles. The second-order valence-electron chi connectivity index (χ2n) is 5.42. The normalized spacial score (nSPS) is 17.7. The number of carbonyl (C=O) groups excluding carboxylic acids is 1. The molecular weight excluding hydrogens is 254 g/mol. The van der Waals surface area contributed by atoms with E-state index >= 15 is 0 Å². The lowest BCUT2D eigenvalue weighted by Gasteiger charge is -2.25. The minimum absolute atomic E-state index is 0.0353. The Bertz CT molecular complexity index is 471. The number of rotatable bonds is 5. The van der Waals surface area contributed by atoms with Crippen LogP contribution in [0.4, 0.5) is 0 Å². The van der Waals surface area contributed by atoms with Crippen molar-refractivity contribution in [2.75, 3.05) is 13.7 Å². The second-order valence-corrected chi connectivity index (χ2v) is 5.42. The summed E-state index contributed by atoms with van der Waals surface area (Å²) in [6, 6.07) is 6.50. The predicted octanol–water partition coefficient (Wildman–Crippen LogP) is 2.61. The van der Waals surface area contributed by atoms with Crippen LogP contribution in [-0.4, -0.2) is 25.7 Å². The molecule has 4 nitrogen and oxygen atoms in total. The summed E-state index contributed by atoms with van der Waals surface area (Å²) < 4.78 is 10.6. The third-order valence-electron chi connectivity index (χ3n) is 3.50. The van der Waals surface area contributed by atoms with Crippen LogP contribution in [0.25, 0.3) is 0 Å². The van der Waals surface area contributed by atoms with Crippen LogP contribution in [0, 0.1) is 0 Å². The lowest BCUT2D eigenvalue weighted by atomic mass is 9.87. The van der Waals surface area contributed by atoms with Crippen molar-refractivity contribution in [3.8, 4) is 5.75 Å². The summed E-state index contributed by atoms with van der Waals surface area (Å²) in [6.07, 6.45) is 3.31. The largest absolute Gasteiger partial charge is 0.482 e. The van der Waals surface area contributed by atoms with Gasteiger partial charge in [0.15, 0.2) is 6.61 Å². The van der Waals surface area contributed by atoms with Crippen LogP contribution >= 0.6 is 0 Å². The van der Waals surface area contributed by atoms with Gasteiger partial charge in [-0.15, -0.1) is 0 Å². The third kappa shape index (κ3) is 3.73. The molecule has 0 saturated carbocycles. The molecule has 0 spiro atoms. The molecule has 1 aliphatic rings. The number of fused-ring (bicyclic) bond motifs is 1. The fraction of sp³-hybridized carbons (Fsp3) is 0.562. The Morgan fingerprint density at radius 1 is 1.45 bits per heavy atom. The molecule has 0 heterocycles. The molecule has 0 amide bonds. The van der Waals surface area contributed by atoms with Crippen molar-refractivity contribution in [2.45, 2.75) is 45.3 Å². The first kappa shape index (κ1) is 14.9. The van der Waals surface area contributed by atoms with Crippen molar-refractivity contribution in [3.05, 3.63) is 29.3 Å². The summed E-state index contributed by atoms with van der Waals surface area (Å²) in [6.45, 7) is 3.62. The fourth-order valence-electron chi connectivity index (χ4n) is 2.62. The maximum atomic E-state index is 11.5. The average Bonchev–Trinajstić information content (AvgIpc) is 2.43. The first-order valence-electron chi connectivity index (χ1n) is 7.22. The van der Waals surface area contributed by atoms with Gasteiger partial charge in [-0.2, -0.15) is 0 Å². The molecule has 1 aromatic rings. The smallest absolute Gasteiger partial charge is 0.344 e. The van der Waals surface area contributed by atoms with Gasteiger partial charge in [0.2, 0.25) is 0 Å². The van der Waals surface area contributed by atoms with Gasteiger partial charge in [0.25, 0.3) is 0 Å². The number of aryl methyl sites for hydroxylation is 1. The number of ether oxygens (including phenoxy) is 2. The molecule has 20 heavy (non-hydrogen) atoms. The minimum atomic E-state index is -0.328. The Kier molecular flexibility index (Phi) is 5.01. The number of esters is 1. The monoisotopic (exact) mass is 277 g/mol. The molecule has 0 radical (unpaired) electrons. The Morgan fingerprint density at radius 2 is 2.25 bits per heavy atom. The van der Waals surface area contributed by atoms with E-state index in [1.165, 1.54) is 24.0 Å². The highest BCUT2D eigenvalue weighted by molar-refractivity contribution is 5.71. The zero-order chi connectivity index (χ0) is 14.5. The molecule has 2 rings (SSSR count). The summed E-state index contributed by atoms with van der Waals surface area (Å²) in [5, 5.41) is 3.34. The van der Waals surface area contributed by atoms with E-state index in [0.717, 1.165) is 12.2 Å². The van der Waals surface area contributed by atoms with E-state index in [9.17, 15) is 4.79 Å². The molecule has 0 bridgehead atoms. The SMILES string of the molecule is CNC1CCCc2cc(OCC(=O)OC(C)C)ccc21. The Balaban J connectivity index is 1.99. The molecule has 1 aromatic carbocycles. The number of carbonyl (C=O) groups is 1. The van der Waals surface area contributed by atoms with Gasteiger partial charge in [0.1, 0.15) is 5.75 Å². The maximum Gasteiger partial charge on any atom is 0.344 e. The summed E-state index contributed by atoms with van der Waals surface area (Å²) in [4.78, 5) is 11.5. The van der Waals surface area contributed by atoms with Crippen molar-refractivity contribution >= 4 is 5.97 Å². The van der Waals surface area contributed by atoms with E-state index in [2.05, 4.69) is 11.4 Å². The summed E-state index contributed by atoms with van der Waals surface area (Å²) in [7, 11) is 1.99. The van der Waals surface area contributed by atoms with Gasteiger partial charge in [-0.1, -0.05) is 6.07 Å². The highest BCUT2D eigenvalue weighted by atomic mass is 16.6. The lowest BCUT2D eigenvalue weighted by Crippen LogP contribution is -2.22. The molecular formula is C16H23NO3. The fourth-order valence-corrected chi connectivity index (χ4v) is 2.62. The van der Waals surface area contributed by atoms with E-state index in [1.807, 2.05) is 33.0 Å². The van der Waals surface area contributed by atoms with Crippen LogP contribution in [0.2, 0.25) is 0 Å². The maximum absolute atomic E-state index is 11.5. The van der Waals surface area contributed by atoms with Crippen LogP contribution in [0.15, 0.2) is 18.2 Å². The molecule has 110 valence electrons. The zero-order valence-corrected chi connectivity index (χ0v) is 12.4. The molecule has 4 heteroatoms. The number of hydrogen-bond acceptors (Lipinski definition) is 4. The first-order chi connectivity index (χ1) is 9.60. The van der Waals surface area contributed by atoms with Gasteiger partial charge in [-0.25, -0.2) is 4.79 Å². The van der Waals surface area contributed by atoms with Gasteiger partial charge in [0, 0.05) is 6.04 Å². The van der Waals surface area contributed by atoms with E-state index < -0.39 is 0 Å². The second kappa shape index (κ2) is 6.75. The first-order valence-corrected chi connectivity index (χ1v) is 7.22. The van der Waals surface area contributed by atoms with E-state index in [0.29, 0.717) is 6.04 Å². The average molecular weight is 277 g/mol. The summed E-state index contributed by atoms with van der Waals surface area (Å²) in [5.41, 5.74) is 2.65. The van der Waals surface area contributed by atoms with Gasteiger partial charge in [-0.3, -0.25) is 0 Å². The topological polar surface area (TPSA) is 47.6 Å². The van der Waals surface area contributed by atoms with Crippen LogP contribution in [-0.2, 0) is 16.0 Å². The van der Waals surface area contributed by atoms with E-state index in [-0.39, 0.29) is 18.7 Å². The number of nitrogens with one attached hydrogen (secondary N) is 1. The van der Waals surface area contributed by atoms with Gasteiger partial charge >= 0.3 is 5.97 Å². The number of hydrogen-bond donors (Lipinski definition) is 1. The molecule has 1 atom stereocenters. The van der Waals surface area contributed by atoms with E-state index in [1.54, 1.807) is 0 Å². The molecule has 1 N–H and O–H groups in total. The molecule has 1 aliphatic carbocycles. The van der Waals surface area contributed by atoms with Gasteiger partial charge in [0.05, 0.1) is 6.10 Å². The molecule has 0 aliphatic heterocycles. The molecule has 0 saturated heterocycles. The standard InChI is InChI=1S/C16H23NO3/c1-11(2)20-16(18)10-19-13-7-8-14-12(9-13)5-4-6-15(14)17-3/h7-9,11,15,17H,4-6,10H2,1-3H3. The lowest BCUT2D eigenvalue weighted by molar-refractivity contribution is -0.149. The van der Waals surface area contributed by atoms with Crippen LogP contribution in [0.5, 0.6) is 5.75 Å². The molecule has 1 unspecified atom stereocenters. The van der Waals surface area contributed by atoms with Crippen LogP contribution in [0.1, 0.15) is 43.9 Å². The van der Waals surface area contributed by atoms with E-state index in [4.69, 9.17) is 9.47 Å². The Morgan fingerprint density at radius 3 is 2.95 bits per heavy atom. The van der Waals surface area contributed by atoms with Gasteiger partial charge in [-0.05, 0) is 63.4 Å². The highest BCUT2D eigenvalue weighted by Gasteiger charge is 2.19. The van der Waals surface area contributed by atoms with Crippen molar-refractivity contribution in [1.29, 1.82) is 0 Å². The number of benzene rings is 1. The van der Waals surface area contributed by atoms with Crippen LogP contribution < -0.4 is 10.1 Å². The van der Waals surface area contributed by atoms with Crippen molar-refractivity contribution in [1.82, 2.24) is 5.32 Å². The Hall–Kier alpha value is -1.55. The summed E-state index contributed by atoms with van der Waals surface area (Å²) >= 11 is 0. The molecule has 0 fully saturated rings. The highest BCUT2D eigenvalue weighted by Crippen LogP contribution is 2.31. The van der Waals surface area contributed by atoms with Crippen molar-refractivity contribution in [3.63, 3.8) is 0 Å². The predicted molar refractivity (Wildman–Crippen MR) is 77.9 cm³/mol. The Labute approximate surface area is 120 Å². The summed E-state index contributed by atoms with van der Waals surface area (Å²) in [5.74, 6) is 0.409. The van der Waals surface area contributed by atoms with Crippen molar-refractivity contribution < 1.29 is 14.3 Å². The third-order valence-corrected chi connectivity index (χ3v) is 3.50. The van der Waals surface area contributed by atoms with Gasteiger partial charge < -0.3 is 14.8 Å². The quantitative estimate of drug-likeness (QED) is 0.840. The van der Waals surface area contributed by atoms with Crippen LogP contribution in [0.3, 0.4) is 0 Å². The minimum Gasteiger partial charge on any atom is -0.482 e. The van der Waals surface area contributed by atoms with Crippen molar-refractivity contribution in [2.24, 2.45) is 0 Å².